The first-order valence-electron chi connectivity index (χ1n) is 34.3. The zero-order valence-electron chi connectivity index (χ0n) is 62.2. The predicted octanol–water partition coefficient (Wildman–Crippen LogP) is 24.5. The molecule has 6 atom stereocenters. The summed E-state index contributed by atoms with van der Waals surface area (Å²) in [4.78, 5) is 0. The van der Waals surface area contributed by atoms with Crippen molar-refractivity contribution < 1.29 is 68.2 Å². The Balaban J connectivity index is 0.000000238. The Hall–Kier alpha value is -5.37. The fourth-order valence-electron chi connectivity index (χ4n) is 15.7. The fourth-order valence-corrected chi connectivity index (χ4v) is 15.7. The van der Waals surface area contributed by atoms with Crippen molar-refractivity contribution in [2.75, 3.05) is 0 Å². The van der Waals surface area contributed by atoms with Gasteiger partial charge in [-0.3, -0.25) is 0 Å². The van der Waals surface area contributed by atoms with Crippen LogP contribution in [0.1, 0.15) is 211 Å². The summed E-state index contributed by atoms with van der Waals surface area (Å²) in [6.45, 7) is 43.6. The number of rotatable bonds is 8. The molecule has 10 rings (SSSR count). The molecule has 0 radical (unpaired) electrons. The first-order chi connectivity index (χ1) is 44.1. The molecule has 2 aromatic heterocycles. The number of halogens is 8. The molecule has 2 N–H and O–H groups in total. The van der Waals surface area contributed by atoms with Crippen molar-refractivity contribution in [2.24, 2.45) is 21.7 Å². The molecule has 13 heteroatoms. The number of aliphatic hydroxyl groups excluding tert-OH is 2. The minimum absolute atomic E-state index is 0.0497. The molecule has 0 bridgehead atoms. The van der Waals surface area contributed by atoms with Crippen LogP contribution in [0.5, 0.6) is 0 Å². The van der Waals surface area contributed by atoms with Crippen molar-refractivity contribution in [1.29, 1.82) is 0 Å². The number of hydrogen-bond acceptors (Lipinski definition) is 2. The number of fused-ring (bicyclic) bond motifs is 6. The van der Waals surface area contributed by atoms with E-state index in [0.29, 0.717) is 67.6 Å². The van der Waals surface area contributed by atoms with Gasteiger partial charge in [-0.2, -0.15) is 26.3 Å². The summed E-state index contributed by atoms with van der Waals surface area (Å²) in [5, 5.41) is 27.2. The second-order valence-corrected chi connectivity index (χ2v) is 39.6. The molecule has 2 aliphatic carbocycles. The molecule has 526 valence electrons. The van der Waals surface area contributed by atoms with Crippen LogP contribution in [0, 0.1) is 21.7 Å². The van der Waals surface area contributed by atoms with Gasteiger partial charge in [-0.05, 0) is 151 Å². The summed E-state index contributed by atoms with van der Waals surface area (Å²) < 4.78 is 142. The van der Waals surface area contributed by atoms with E-state index in [0.717, 1.165) is 22.3 Å². The molecular formula is C84H108F8HfN2O2. The zero-order chi connectivity index (χ0) is 73.1. The SMILES string of the molecule is CC(C)(C)CC(C)(C)C1(F)C=C(c2ccccc2)C(O)C(n2c3ccc(C(C)(C)C)cc3c3cc(C(C)(C)C)ccc32)(C(F)(F)F)C1.CC(C)(C)CC(C)(C)C1(F)C=C(c2ccccc2)C(O)C(n2c3ccc(C(C)(C)C)cc3c3cc(C(C)(C)C)ccc32)(C(F)(F)F)C1.[CH3][Hf][CH3]. The standard InChI is InChI=1S/2C41H51F4NO.2CH3.Hf/c2*1-35(2,3)24-38(10,11)39(42)23-31(26-15-13-12-14-16-26)34(47)40(25-39,41(43,44)45)46-32-19-17-27(36(4,5)6)21-29(32)30-22-28(37(7,8)9)18-20-33(30)46;;;/h2*12-23,34,47H,24-25H2,1-11H3;2*1H3;. The maximum absolute atomic E-state index is 18.1. The minimum atomic E-state index is -5.04. The topological polar surface area (TPSA) is 50.3 Å². The number of aliphatic hydroxyl groups is 2. The normalized spacial score (nSPS) is 22.8. The van der Waals surface area contributed by atoms with Crippen LogP contribution >= 0.6 is 0 Å². The third-order valence-electron chi connectivity index (χ3n) is 20.5. The van der Waals surface area contributed by atoms with Gasteiger partial charge in [-0.25, -0.2) is 8.78 Å². The van der Waals surface area contributed by atoms with Crippen molar-refractivity contribution in [3.05, 3.63) is 179 Å². The van der Waals surface area contributed by atoms with Crippen LogP contribution in [-0.2, 0) is 55.6 Å². The molecule has 0 amide bonds. The Kier molecular flexibility index (Phi) is 20.7. The van der Waals surface area contributed by atoms with Crippen molar-refractivity contribution in [2.45, 2.75) is 256 Å². The number of nitrogens with zero attached hydrogens (tertiary/aromatic N) is 2. The molecule has 6 aromatic carbocycles. The van der Waals surface area contributed by atoms with E-state index in [2.05, 4.69) is 92.4 Å². The molecule has 4 nitrogen and oxygen atoms in total. The summed E-state index contributed by atoms with van der Waals surface area (Å²) >= 11 is 0.0833. The molecule has 0 spiro atoms. The third kappa shape index (κ3) is 14.6. The van der Waals surface area contributed by atoms with Gasteiger partial charge >= 0.3 is 44.6 Å². The van der Waals surface area contributed by atoms with Crippen molar-refractivity contribution in [3.8, 4) is 0 Å². The summed E-state index contributed by atoms with van der Waals surface area (Å²) in [5.74, 6) is 0. The molecule has 2 aliphatic rings. The monoisotopic (exact) mass is 1510 g/mol. The molecule has 0 aliphatic heterocycles. The van der Waals surface area contributed by atoms with Crippen LogP contribution in [0.25, 0.3) is 54.8 Å². The Morgan fingerprint density at radius 3 is 0.804 bits per heavy atom. The zero-order valence-corrected chi connectivity index (χ0v) is 65.7. The van der Waals surface area contributed by atoms with E-state index in [1.165, 1.54) is 21.3 Å². The molecule has 6 unspecified atom stereocenters. The van der Waals surface area contributed by atoms with E-state index in [4.69, 9.17) is 0 Å². The van der Waals surface area contributed by atoms with Crippen LogP contribution in [0.2, 0.25) is 9.36 Å². The number of benzene rings is 6. The van der Waals surface area contributed by atoms with Gasteiger partial charge in [0.15, 0.2) is 11.1 Å². The van der Waals surface area contributed by atoms with Crippen LogP contribution < -0.4 is 0 Å². The van der Waals surface area contributed by atoms with Gasteiger partial charge in [-0.1, -0.05) is 237 Å². The Morgan fingerprint density at radius 2 is 0.608 bits per heavy atom. The average molecular weight is 1510 g/mol. The van der Waals surface area contributed by atoms with Gasteiger partial charge < -0.3 is 19.3 Å². The summed E-state index contributed by atoms with van der Waals surface area (Å²) in [6, 6.07) is 39.2. The van der Waals surface area contributed by atoms with E-state index >= 15 is 35.1 Å². The Morgan fingerprint density at radius 1 is 0.381 bits per heavy atom. The quantitative estimate of drug-likeness (QED) is 0.118. The number of hydrogen-bond donors (Lipinski definition) is 2. The van der Waals surface area contributed by atoms with Crippen LogP contribution in [0.15, 0.2) is 146 Å². The fraction of sp³-hybridized carbons (Fsp3) is 0.524. The van der Waals surface area contributed by atoms with Crippen LogP contribution in [-0.4, -0.2) is 55.2 Å². The van der Waals surface area contributed by atoms with Gasteiger partial charge in [0.25, 0.3) is 0 Å². The molecular weight excluding hydrogens is 1400 g/mol. The molecule has 8 aromatic rings. The van der Waals surface area contributed by atoms with Gasteiger partial charge in [-0.15, -0.1) is 0 Å². The van der Waals surface area contributed by atoms with E-state index in [9.17, 15) is 10.2 Å². The van der Waals surface area contributed by atoms with E-state index in [-0.39, 0.29) is 66.5 Å². The molecule has 0 fully saturated rings. The van der Waals surface area contributed by atoms with Crippen molar-refractivity contribution in [1.82, 2.24) is 9.13 Å². The van der Waals surface area contributed by atoms with Gasteiger partial charge in [0.1, 0.15) is 23.5 Å². The number of allylic oxidation sites excluding steroid dienone is 2. The summed E-state index contributed by atoms with van der Waals surface area (Å²) in [5.41, 5.74) is -9.26. The van der Waals surface area contributed by atoms with Crippen molar-refractivity contribution >= 4 is 54.8 Å². The van der Waals surface area contributed by atoms with Crippen molar-refractivity contribution in [3.63, 3.8) is 0 Å². The summed E-state index contributed by atoms with van der Waals surface area (Å²) in [6.07, 6.45) is -12.9. The third-order valence-corrected chi connectivity index (χ3v) is 20.5. The van der Waals surface area contributed by atoms with E-state index < -0.39 is 70.6 Å². The van der Waals surface area contributed by atoms with E-state index in [1.807, 2.05) is 90.1 Å². The van der Waals surface area contributed by atoms with Crippen LogP contribution in [0.4, 0.5) is 35.1 Å². The molecule has 97 heavy (non-hydrogen) atoms. The first-order valence-corrected chi connectivity index (χ1v) is 41.5. The average Bonchev–Trinajstić information content (AvgIpc) is 1.66. The first kappa shape index (κ1) is 77.4. The molecule has 0 saturated heterocycles. The van der Waals surface area contributed by atoms with Gasteiger partial charge in [0, 0.05) is 45.2 Å². The van der Waals surface area contributed by atoms with Crippen LogP contribution in [0.3, 0.4) is 0 Å². The predicted molar refractivity (Wildman–Crippen MR) is 387 cm³/mol. The second kappa shape index (κ2) is 25.9. The number of aromatic nitrogens is 2. The van der Waals surface area contributed by atoms with E-state index in [1.54, 1.807) is 113 Å². The molecule has 0 saturated carbocycles. The maximum atomic E-state index is 18.1. The summed E-state index contributed by atoms with van der Waals surface area (Å²) in [7, 11) is 0. The molecule has 2 heterocycles. The Bertz CT molecular complexity index is 3810. The Labute approximate surface area is 585 Å². The number of alkyl halides is 8. The van der Waals surface area contributed by atoms with Gasteiger partial charge in [0.2, 0.25) is 0 Å². The van der Waals surface area contributed by atoms with Gasteiger partial charge in [0.05, 0.1) is 22.1 Å². The second-order valence-electron chi connectivity index (χ2n) is 36.0.